The first-order valence-electron chi connectivity index (χ1n) is 5.70. The van der Waals surface area contributed by atoms with Crippen molar-refractivity contribution in [2.24, 2.45) is 0 Å². The van der Waals surface area contributed by atoms with Gasteiger partial charge in [-0.1, -0.05) is 30.3 Å². The second kappa shape index (κ2) is 5.55. The molecule has 0 bridgehead atoms. The van der Waals surface area contributed by atoms with Crippen molar-refractivity contribution in [2.45, 2.75) is 29.6 Å². The van der Waals surface area contributed by atoms with E-state index < -0.39 is 10.8 Å². The molecule has 0 saturated heterocycles. The van der Waals surface area contributed by atoms with Crippen molar-refractivity contribution in [1.29, 1.82) is 0 Å². The second-order valence-electron chi connectivity index (χ2n) is 4.40. The molecule has 0 amide bonds. The van der Waals surface area contributed by atoms with E-state index in [1.165, 1.54) is 5.56 Å². The Morgan fingerprint density at radius 1 is 1.41 bits per heavy atom. The lowest BCUT2D eigenvalue weighted by molar-refractivity contribution is -0.0116. The standard InChI is InChI=1S/C13H18O2S2/c1-16-13(17(2)14)8-12(9-13)15-10-11-6-4-3-5-7-11/h3-7,12H,8-10H2,1-2H3/t12?,13?,17-/m0/s1. The van der Waals surface area contributed by atoms with E-state index in [-0.39, 0.29) is 10.2 Å². The Bertz CT molecular complexity index is 386. The van der Waals surface area contributed by atoms with E-state index in [1.807, 2.05) is 24.5 Å². The zero-order valence-electron chi connectivity index (χ0n) is 10.2. The number of ether oxygens (including phenoxy) is 1. The Kier molecular flexibility index (Phi) is 4.28. The van der Waals surface area contributed by atoms with Crippen molar-refractivity contribution >= 4 is 22.6 Å². The molecule has 0 heterocycles. The predicted molar refractivity (Wildman–Crippen MR) is 74.6 cm³/mol. The lowest BCUT2D eigenvalue weighted by Gasteiger charge is -2.44. The third-order valence-electron chi connectivity index (χ3n) is 3.30. The Hall–Kier alpha value is -0.320. The van der Waals surface area contributed by atoms with Crippen LogP contribution in [0.15, 0.2) is 30.3 Å². The molecule has 1 saturated carbocycles. The molecule has 4 heteroatoms. The summed E-state index contributed by atoms with van der Waals surface area (Å²) in [5, 5.41) is 0. The van der Waals surface area contributed by atoms with Gasteiger partial charge in [0.1, 0.15) is 0 Å². The molecule has 1 aliphatic carbocycles. The van der Waals surface area contributed by atoms with Gasteiger partial charge in [0, 0.05) is 29.9 Å². The molecular weight excluding hydrogens is 252 g/mol. The van der Waals surface area contributed by atoms with Crippen LogP contribution in [0.25, 0.3) is 0 Å². The van der Waals surface area contributed by atoms with Crippen LogP contribution >= 0.6 is 11.8 Å². The van der Waals surface area contributed by atoms with Gasteiger partial charge in [0.25, 0.3) is 0 Å². The first kappa shape index (κ1) is 13.1. The SMILES string of the molecule is CSC1([S@](C)=O)CC(OCc2ccccc2)C1. The van der Waals surface area contributed by atoms with Gasteiger partial charge in [0.05, 0.1) is 16.8 Å². The molecule has 2 nitrogen and oxygen atoms in total. The summed E-state index contributed by atoms with van der Waals surface area (Å²) in [7, 11) is -0.768. The quantitative estimate of drug-likeness (QED) is 0.823. The van der Waals surface area contributed by atoms with E-state index in [4.69, 9.17) is 4.74 Å². The maximum absolute atomic E-state index is 11.6. The largest absolute Gasteiger partial charge is 0.373 e. The van der Waals surface area contributed by atoms with Gasteiger partial charge in [-0.2, -0.15) is 0 Å². The van der Waals surface area contributed by atoms with E-state index in [0.717, 1.165) is 12.8 Å². The Morgan fingerprint density at radius 3 is 2.59 bits per heavy atom. The average molecular weight is 270 g/mol. The van der Waals surface area contributed by atoms with Crippen LogP contribution in [0.4, 0.5) is 0 Å². The molecule has 17 heavy (non-hydrogen) atoms. The van der Waals surface area contributed by atoms with Gasteiger partial charge in [-0.15, -0.1) is 11.8 Å². The summed E-state index contributed by atoms with van der Waals surface area (Å²) < 4.78 is 17.4. The van der Waals surface area contributed by atoms with Gasteiger partial charge in [0.2, 0.25) is 0 Å². The molecule has 1 aliphatic rings. The summed E-state index contributed by atoms with van der Waals surface area (Å²) in [5.74, 6) is 0. The summed E-state index contributed by atoms with van der Waals surface area (Å²) in [6.45, 7) is 0.659. The minimum Gasteiger partial charge on any atom is -0.373 e. The zero-order chi connectivity index (χ0) is 12.3. The van der Waals surface area contributed by atoms with Crippen molar-refractivity contribution < 1.29 is 8.95 Å². The monoisotopic (exact) mass is 270 g/mol. The van der Waals surface area contributed by atoms with Crippen LogP contribution in [0, 0.1) is 0 Å². The number of hydrogen-bond donors (Lipinski definition) is 0. The first-order chi connectivity index (χ1) is 8.16. The highest BCUT2D eigenvalue weighted by Gasteiger charge is 2.47. The van der Waals surface area contributed by atoms with E-state index >= 15 is 0 Å². The molecule has 0 radical (unpaired) electrons. The normalized spacial score (nSPS) is 29.6. The average Bonchev–Trinajstić information content (AvgIpc) is 2.29. The third kappa shape index (κ3) is 2.92. The highest BCUT2D eigenvalue weighted by Crippen LogP contribution is 2.46. The Balaban J connectivity index is 1.80. The van der Waals surface area contributed by atoms with Gasteiger partial charge in [-0.3, -0.25) is 4.21 Å². The molecule has 94 valence electrons. The van der Waals surface area contributed by atoms with E-state index in [0.29, 0.717) is 6.61 Å². The molecule has 0 aliphatic heterocycles. The van der Waals surface area contributed by atoms with E-state index in [9.17, 15) is 4.21 Å². The van der Waals surface area contributed by atoms with Gasteiger partial charge < -0.3 is 4.74 Å². The van der Waals surface area contributed by atoms with Crippen LogP contribution in [0.5, 0.6) is 0 Å². The lowest BCUT2D eigenvalue weighted by atomic mass is 9.94. The minimum absolute atomic E-state index is 0.0542. The third-order valence-corrected chi connectivity index (χ3v) is 6.96. The first-order valence-corrected chi connectivity index (χ1v) is 8.49. The van der Waals surface area contributed by atoms with Crippen molar-refractivity contribution in [3.05, 3.63) is 35.9 Å². The summed E-state index contributed by atoms with van der Waals surface area (Å²) >= 11 is 1.71. The second-order valence-corrected chi connectivity index (χ2v) is 7.53. The van der Waals surface area contributed by atoms with Crippen LogP contribution in [0.3, 0.4) is 0 Å². The topological polar surface area (TPSA) is 26.3 Å². The summed E-state index contributed by atoms with van der Waals surface area (Å²) in [6, 6.07) is 10.2. The Labute approximate surface area is 110 Å². The molecule has 0 aromatic heterocycles. The van der Waals surface area contributed by atoms with Gasteiger partial charge in [0.15, 0.2) is 0 Å². The maximum Gasteiger partial charge on any atom is 0.0952 e. The lowest BCUT2D eigenvalue weighted by Crippen LogP contribution is -2.48. The van der Waals surface area contributed by atoms with Crippen molar-refractivity contribution in [3.8, 4) is 0 Å². The van der Waals surface area contributed by atoms with E-state index in [1.54, 1.807) is 18.0 Å². The van der Waals surface area contributed by atoms with Crippen molar-refractivity contribution in [1.82, 2.24) is 0 Å². The molecule has 1 fully saturated rings. The molecule has 1 aromatic carbocycles. The van der Waals surface area contributed by atoms with Crippen LogP contribution < -0.4 is 0 Å². The van der Waals surface area contributed by atoms with Gasteiger partial charge >= 0.3 is 0 Å². The van der Waals surface area contributed by atoms with Crippen LogP contribution in [-0.4, -0.2) is 26.9 Å². The fourth-order valence-electron chi connectivity index (χ4n) is 2.06. The van der Waals surface area contributed by atoms with Crippen molar-refractivity contribution in [3.63, 3.8) is 0 Å². The Morgan fingerprint density at radius 2 is 2.06 bits per heavy atom. The minimum atomic E-state index is -0.768. The number of benzene rings is 1. The molecule has 0 N–H and O–H groups in total. The van der Waals surface area contributed by atoms with Crippen LogP contribution in [0.2, 0.25) is 0 Å². The fourth-order valence-corrected chi connectivity index (χ4v) is 4.54. The molecule has 0 spiro atoms. The van der Waals surface area contributed by atoms with Crippen LogP contribution in [0.1, 0.15) is 18.4 Å². The number of thioether (sulfide) groups is 1. The zero-order valence-corrected chi connectivity index (χ0v) is 11.9. The molecule has 0 unspecified atom stereocenters. The van der Waals surface area contributed by atoms with E-state index in [2.05, 4.69) is 12.1 Å². The smallest absolute Gasteiger partial charge is 0.0952 e. The fraction of sp³-hybridized carbons (Fsp3) is 0.538. The number of hydrogen-bond acceptors (Lipinski definition) is 3. The molecule has 2 rings (SSSR count). The molecular formula is C13H18O2S2. The molecule has 1 atom stereocenters. The highest BCUT2D eigenvalue weighted by molar-refractivity contribution is 8.12. The predicted octanol–water partition coefficient (Wildman–Crippen LogP) is 2.80. The summed E-state index contributed by atoms with van der Waals surface area (Å²) in [4.78, 5) is 0. The van der Waals surface area contributed by atoms with Gasteiger partial charge in [-0.05, 0) is 11.8 Å². The summed E-state index contributed by atoms with van der Waals surface area (Å²) in [5.41, 5.74) is 1.20. The summed E-state index contributed by atoms with van der Waals surface area (Å²) in [6.07, 6.45) is 5.92. The molecule has 1 aromatic rings. The van der Waals surface area contributed by atoms with Crippen LogP contribution in [-0.2, 0) is 22.1 Å². The van der Waals surface area contributed by atoms with Crippen molar-refractivity contribution in [2.75, 3.05) is 12.5 Å². The van der Waals surface area contributed by atoms with Gasteiger partial charge in [-0.25, -0.2) is 0 Å². The highest BCUT2D eigenvalue weighted by atomic mass is 32.2. The number of rotatable bonds is 5. The maximum atomic E-state index is 11.6.